The van der Waals surface area contributed by atoms with E-state index in [1.54, 1.807) is 12.4 Å². The third kappa shape index (κ3) is 3.58. The standard InChI is InChI=1S/C33H21N3/c1-2-6-28-22(4-1)5-3-7-29(28)33-15-11-27-21-25(9-13-32(27)36-33)24-8-12-31-26(20-24)10-14-30(35-31)23-16-18-34-19-17-23/h1-21H. The van der Waals surface area contributed by atoms with Crippen LogP contribution in [0.2, 0.25) is 0 Å². The molecule has 0 N–H and O–H groups in total. The van der Waals surface area contributed by atoms with Crippen LogP contribution in [0, 0.1) is 0 Å². The van der Waals surface area contributed by atoms with E-state index in [0.29, 0.717) is 0 Å². The lowest BCUT2D eigenvalue weighted by atomic mass is 9.99. The lowest BCUT2D eigenvalue weighted by Gasteiger charge is -2.09. The fourth-order valence-corrected chi connectivity index (χ4v) is 4.89. The molecule has 168 valence electrons. The molecule has 3 nitrogen and oxygen atoms in total. The molecule has 0 radical (unpaired) electrons. The molecule has 7 rings (SSSR count). The summed E-state index contributed by atoms with van der Waals surface area (Å²) in [6.45, 7) is 0. The van der Waals surface area contributed by atoms with E-state index in [0.717, 1.165) is 44.3 Å². The van der Waals surface area contributed by atoms with E-state index >= 15 is 0 Å². The minimum absolute atomic E-state index is 0.955. The fourth-order valence-electron chi connectivity index (χ4n) is 4.89. The summed E-state index contributed by atoms with van der Waals surface area (Å²) in [5.74, 6) is 0. The zero-order chi connectivity index (χ0) is 23.9. The Hall–Kier alpha value is -4.89. The summed E-state index contributed by atoms with van der Waals surface area (Å²) >= 11 is 0. The molecule has 0 saturated carbocycles. The van der Waals surface area contributed by atoms with Crippen molar-refractivity contribution in [2.75, 3.05) is 0 Å². The maximum absolute atomic E-state index is 5.00. The zero-order valence-electron chi connectivity index (χ0n) is 19.5. The first-order valence-electron chi connectivity index (χ1n) is 12.0. The molecule has 0 aliphatic rings. The Morgan fingerprint density at radius 3 is 1.81 bits per heavy atom. The van der Waals surface area contributed by atoms with Crippen LogP contribution < -0.4 is 0 Å². The minimum atomic E-state index is 0.955. The van der Waals surface area contributed by atoms with Crippen LogP contribution in [0.1, 0.15) is 0 Å². The number of aromatic nitrogens is 3. The molecular weight excluding hydrogens is 438 g/mol. The van der Waals surface area contributed by atoms with Crippen molar-refractivity contribution in [3.8, 4) is 33.6 Å². The average molecular weight is 460 g/mol. The number of benzene rings is 4. The minimum Gasteiger partial charge on any atom is -0.265 e. The summed E-state index contributed by atoms with van der Waals surface area (Å²) in [4.78, 5) is 14.0. The maximum atomic E-state index is 5.00. The molecule has 0 amide bonds. The Bertz CT molecular complexity index is 1890. The molecule has 4 aromatic carbocycles. The Labute approximate surface area is 208 Å². The molecule has 0 fully saturated rings. The predicted molar refractivity (Wildman–Crippen MR) is 149 cm³/mol. The van der Waals surface area contributed by atoms with E-state index < -0.39 is 0 Å². The van der Waals surface area contributed by atoms with Crippen molar-refractivity contribution in [3.63, 3.8) is 0 Å². The first kappa shape index (κ1) is 20.5. The van der Waals surface area contributed by atoms with E-state index in [1.807, 2.05) is 12.1 Å². The van der Waals surface area contributed by atoms with Gasteiger partial charge in [0.2, 0.25) is 0 Å². The fraction of sp³-hybridized carbons (Fsp3) is 0. The van der Waals surface area contributed by atoms with E-state index in [2.05, 4.69) is 108 Å². The van der Waals surface area contributed by atoms with Gasteiger partial charge >= 0.3 is 0 Å². The van der Waals surface area contributed by atoms with Gasteiger partial charge in [0.15, 0.2) is 0 Å². The molecule has 3 aromatic heterocycles. The highest BCUT2D eigenvalue weighted by Crippen LogP contribution is 2.31. The van der Waals surface area contributed by atoms with Crippen molar-refractivity contribution in [2.24, 2.45) is 0 Å². The van der Waals surface area contributed by atoms with Gasteiger partial charge in [0.1, 0.15) is 0 Å². The van der Waals surface area contributed by atoms with Crippen LogP contribution in [0.5, 0.6) is 0 Å². The van der Waals surface area contributed by atoms with Crippen molar-refractivity contribution in [2.45, 2.75) is 0 Å². The Kier molecular flexibility index (Phi) is 4.78. The Morgan fingerprint density at radius 2 is 1.06 bits per heavy atom. The van der Waals surface area contributed by atoms with Gasteiger partial charge in [0.05, 0.1) is 22.4 Å². The highest BCUT2D eigenvalue weighted by Gasteiger charge is 2.08. The molecule has 0 saturated heterocycles. The second-order valence-electron chi connectivity index (χ2n) is 8.97. The average Bonchev–Trinajstić information content (AvgIpc) is 2.96. The van der Waals surface area contributed by atoms with Gasteiger partial charge < -0.3 is 0 Å². The van der Waals surface area contributed by atoms with E-state index in [-0.39, 0.29) is 0 Å². The molecule has 0 aliphatic carbocycles. The van der Waals surface area contributed by atoms with Crippen molar-refractivity contribution in [1.82, 2.24) is 15.0 Å². The van der Waals surface area contributed by atoms with Crippen LogP contribution >= 0.6 is 0 Å². The van der Waals surface area contributed by atoms with Crippen LogP contribution in [0.15, 0.2) is 128 Å². The normalized spacial score (nSPS) is 11.3. The van der Waals surface area contributed by atoms with Crippen molar-refractivity contribution >= 4 is 32.6 Å². The van der Waals surface area contributed by atoms with E-state index in [1.165, 1.54) is 21.9 Å². The third-order valence-corrected chi connectivity index (χ3v) is 6.75. The summed E-state index contributed by atoms with van der Waals surface area (Å²) in [5, 5.41) is 4.70. The number of nitrogens with zero attached hydrogens (tertiary/aromatic N) is 3. The van der Waals surface area contributed by atoms with Crippen LogP contribution in [-0.2, 0) is 0 Å². The molecule has 0 aliphatic heterocycles. The van der Waals surface area contributed by atoms with Gasteiger partial charge in [-0.3, -0.25) is 4.98 Å². The lowest BCUT2D eigenvalue weighted by molar-refractivity contribution is 1.31. The molecule has 0 unspecified atom stereocenters. The lowest BCUT2D eigenvalue weighted by Crippen LogP contribution is -1.89. The monoisotopic (exact) mass is 459 g/mol. The Balaban J connectivity index is 1.25. The van der Waals surface area contributed by atoms with Crippen LogP contribution in [-0.4, -0.2) is 15.0 Å². The van der Waals surface area contributed by atoms with Gasteiger partial charge in [-0.2, -0.15) is 0 Å². The number of pyridine rings is 3. The predicted octanol–water partition coefficient (Wildman–Crippen LogP) is 8.33. The topological polar surface area (TPSA) is 38.7 Å². The molecule has 3 heteroatoms. The number of hydrogen-bond acceptors (Lipinski definition) is 3. The third-order valence-electron chi connectivity index (χ3n) is 6.75. The van der Waals surface area contributed by atoms with Gasteiger partial charge in [0.25, 0.3) is 0 Å². The van der Waals surface area contributed by atoms with Gasteiger partial charge in [-0.1, -0.05) is 66.7 Å². The molecule has 0 atom stereocenters. The highest BCUT2D eigenvalue weighted by molar-refractivity contribution is 5.97. The highest BCUT2D eigenvalue weighted by atomic mass is 14.7. The van der Waals surface area contributed by atoms with Crippen LogP contribution in [0.3, 0.4) is 0 Å². The quantitative estimate of drug-likeness (QED) is 0.267. The number of hydrogen-bond donors (Lipinski definition) is 0. The first-order chi connectivity index (χ1) is 17.8. The molecule has 3 heterocycles. The second-order valence-corrected chi connectivity index (χ2v) is 8.97. The summed E-state index contributed by atoms with van der Waals surface area (Å²) in [5.41, 5.74) is 8.49. The molecule has 0 bridgehead atoms. The van der Waals surface area contributed by atoms with Gasteiger partial charge in [0, 0.05) is 34.3 Å². The van der Waals surface area contributed by atoms with Gasteiger partial charge in [-0.05, 0) is 70.4 Å². The van der Waals surface area contributed by atoms with Crippen molar-refractivity contribution in [1.29, 1.82) is 0 Å². The first-order valence-corrected chi connectivity index (χ1v) is 12.0. The maximum Gasteiger partial charge on any atom is 0.0715 e. The van der Waals surface area contributed by atoms with E-state index in [4.69, 9.17) is 9.97 Å². The number of fused-ring (bicyclic) bond motifs is 3. The number of rotatable bonds is 3. The second kappa shape index (κ2) is 8.40. The van der Waals surface area contributed by atoms with Crippen LogP contribution in [0.25, 0.3) is 66.2 Å². The summed E-state index contributed by atoms with van der Waals surface area (Å²) in [6.07, 6.45) is 3.59. The van der Waals surface area contributed by atoms with Gasteiger partial charge in [-0.25, -0.2) is 9.97 Å². The molecule has 0 spiro atoms. The summed E-state index contributed by atoms with van der Waals surface area (Å²) < 4.78 is 0. The molecular formula is C33H21N3. The van der Waals surface area contributed by atoms with E-state index in [9.17, 15) is 0 Å². The van der Waals surface area contributed by atoms with Crippen LogP contribution in [0.4, 0.5) is 0 Å². The molecule has 7 aromatic rings. The zero-order valence-corrected chi connectivity index (χ0v) is 19.5. The van der Waals surface area contributed by atoms with Crippen molar-refractivity contribution < 1.29 is 0 Å². The summed E-state index contributed by atoms with van der Waals surface area (Å²) in [6, 6.07) is 40.3. The SMILES string of the molecule is c1ccc2c(-c3ccc4cc(-c5ccc6nc(-c7ccncc7)ccc6c5)ccc4n3)cccc2c1. The van der Waals surface area contributed by atoms with Gasteiger partial charge in [-0.15, -0.1) is 0 Å². The van der Waals surface area contributed by atoms with Crippen molar-refractivity contribution in [3.05, 3.63) is 128 Å². The Morgan fingerprint density at radius 1 is 0.417 bits per heavy atom. The smallest absolute Gasteiger partial charge is 0.0715 e. The summed E-state index contributed by atoms with van der Waals surface area (Å²) in [7, 11) is 0. The molecule has 36 heavy (non-hydrogen) atoms. The largest absolute Gasteiger partial charge is 0.265 e.